The molecule has 4 heteroatoms. The van der Waals surface area contributed by atoms with Crippen LogP contribution in [0.1, 0.15) is 0 Å². The maximum Gasteiger partial charge on any atom is 2.00 e. The molecule has 0 saturated heterocycles. The van der Waals surface area contributed by atoms with Crippen LogP contribution < -0.4 is 34.0 Å². The summed E-state index contributed by atoms with van der Waals surface area (Å²) in [5.41, 5.74) is 0. The van der Waals surface area contributed by atoms with Crippen molar-refractivity contribution in [1.82, 2.24) is 0 Å². The first-order valence-corrected chi connectivity index (χ1v) is 0. The molecule has 0 aliphatic heterocycles. The fourth-order valence-electron chi connectivity index (χ4n) is 0. The van der Waals surface area contributed by atoms with Gasteiger partial charge in [-0.15, -0.1) is 0 Å². The van der Waals surface area contributed by atoms with Crippen molar-refractivity contribution < 1.29 is 67.8 Å². The van der Waals surface area contributed by atoms with Crippen LogP contribution in [0.2, 0.25) is 0 Å². The first kappa shape index (κ1) is 37.7. The molecule has 0 aromatic rings. The van der Waals surface area contributed by atoms with Crippen LogP contribution in [0.25, 0.3) is 0 Å². The maximum absolute atomic E-state index is 0. The van der Waals surface area contributed by atoms with Crippen LogP contribution >= 0.6 is 0 Å². The Morgan fingerprint density at radius 2 is 0.750 bits per heavy atom. The van der Waals surface area contributed by atoms with Gasteiger partial charge in [-0.25, -0.2) is 0 Å². The van der Waals surface area contributed by atoms with Gasteiger partial charge in [-0.2, -0.15) is 0 Å². The molecular formula is Br2CoCu. The van der Waals surface area contributed by atoms with Crippen molar-refractivity contribution in [1.29, 1.82) is 0 Å². The summed E-state index contributed by atoms with van der Waals surface area (Å²) in [7, 11) is 0. The van der Waals surface area contributed by atoms with Gasteiger partial charge in [0, 0.05) is 16.8 Å². The molecule has 0 rings (SSSR count). The van der Waals surface area contributed by atoms with E-state index in [9.17, 15) is 0 Å². The van der Waals surface area contributed by atoms with Crippen molar-refractivity contribution in [3.05, 3.63) is 0 Å². The summed E-state index contributed by atoms with van der Waals surface area (Å²) in [6.07, 6.45) is 0. The molecule has 0 heterocycles. The standard InChI is InChI=1S/2BrH.Co.Cu/h2*1H;;/q;;;+2/p-2. The first-order valence-electron chi connectivity index (χ1n) is 0. The van der Waals surface area contributed by atoms with Crippen molar-refractivity contribution in [3.8, 4) is 0 Å². The van der Waals surface area contributed by atoms with Crippen LogP contribution in [0, 0.1) is 0 Å². The summed E-state index contributed by atoms with van der Waals surface area (Å²) in [4.78, 5) is 0. The van der Waals surface area contributed by atoms with Crippen LogP contribution in [0.5, 0.6) is 0 Å². The Bertz CT molecular complexity index is 6.00. The second-order valence-electron chi connectivity index (χ2n) is 0. The maximum atomic E-state index is 0. The summed E-state index contributed by atoms with van der Waals surface area (Å²) in [6, 6.07) is 0. The zero-order valence-electron chi connectivity index (χ0n) is 1.39. The monoisotopic (exact) mass is 280 g/mol. The molecular weight excluding hydrogens is 282 g/mol. The molecule has 4 heavy (non-hydrogen) atoms. The summed E-state index contributed by atoms with van der Waals surface area (Å²) in [5.74, 6) is 0. The van der Waals surface area contributed by atoms with E-state index >= 15 is 0 Å². The van der Waals surface area contributed by atoms with E-state index in [1.165, 1.54) is 0 Å². The van der Waals surface area contributed by atoms with E-state index in [0.29, 0.717) is 0 Å². The smallest absolute Gasteiger partial charge is 1.00 e. The number of hydrogen-bond acceptors (Lipinski definition) is 0. The molecule has 0 nitrogen and oxygen atoms in total. The van der Waals surface area contributed by atoms with Gasteiger partial charge in [0.05, 0.1) is 0 Å². The van der Waals surface area contributed by atoms with Gasteiger partial charge >= 0.3 is 17.1 Å². The summed E-state index contributed by atoms with van der Waals surface area (Å²) >= 11 is 0. The zero-order chi connectivity index (χ0) is 0. The Hall–Kier alpha value is 1.99. The molecule has 0 fully saturated rings. The SMILES string of the molecule is [Br-].[Br-].[Co].[Cu+2]. The predicted octanol–water partition coefficient (Wildman–Crippen LogP) is -6.00. The minimum Gasteiger partial charge on any atom is -1.00 e. The number of hydrogen-bond donors (Lipinski definition) is 0. The Labute approximate surface area is 67.3 Å². The molecule has 0 aromatic heterocycles. The molecule has 0 aromatic carbocycles. The van der Waals surface area contributed by atoms with Gasteiger partial charge in [-0.3, -0.25) is 0 Å². The van der Waals surface area contributed by atoms with Crippen molar-refractivity contribution in [3.63, 3.8) is 0 Å². The quantitative estimate of drug-likeness (QED) is 0.388. The van der Waals surface area contributed by atoms with Crippen molar-refractivity contribution in [2.24, 2.45) is 0 Å². The van der Waals surface area contributed by atoms with E-state index in [1.807, 2.05) is 0 Å². The van der Waals surface area contributed by atoms with Crippen LogP contribution in [-0.4, -0.2) is 0 Å². The van der Waals surface area contributed by atoms with Gasteiger partial charge < -0.3 is 34.0 Å². The first-order chi connectivity index (χ1) is 0. The Kier molecular flexibility index (Phi) is 189. The van der Waals surface area contributed by atoms with Crippen LogP contribution in [0.4, 0.5) is 0 Å². The van der Waals surface area contributed by atoms with E-state index < -0.39 is 0 Å². The number of rotatable bonds is 0. The third-order valence-corrected chi connectivity index (χ3v) is 0. The average molecular weight is 282 g/mol. The summed E-state index contributed by atoms with van der Waals surface area (Å²) in [6.45, 7) is 0. The third-order valence-electron chi connectivity index (χ3n) is 0. The largest absolute Gasteiger partial charge is 2.00 e. The molecule has 0 aliphatic rings. The van der Waals surface area contributed by atoms with Crippen LogP contribution in [0.15, 0.2) is 0 Å². The van der Waals surface area contributed by atoms with Gasteiger partial charge in [0.25, 0.3) is 0 Å². The van der Waals surface area contributed by atoms with E-state index in [0.717, 1.165) is 0 Å². The van der Waals surface area contributed by atoms with Gasteiger partial charge in [-0.05, 0) is 0 Å². The Balaban J connectivity index is 0. The minimum absolute atomic E-state index is 0. The van der Waals surface area contributed by atoms with Crippen LogP contribution in [0.3, 0.4) is 0 Å². The molecule has 0 unspecified atom stereocenters. The second kappa shape index (κ2) is 20.1. The van der Waals surface area contributed by atoms with E-state index in [2.05, 4.69) is 0 Å². The van der Waals surface area contributed by atoms with Crippen molar-refractivity contribution >= 4 is 0 Å². The summed E-state index contributed by atoms with van der Waals surface area (Å²) < 4.78 is 0. The van der Waals surface area contributed by atoms with Gasteiger partial charge in [0.1, 0.15) is 0 Å². The predicted molar refractivity (Wildman–Crippen MR) is 0 cm³/mol. The van der Waals surface area contributed by atoms with Crippen molar-refractivity contribution in [2.45, 2.75) is 0 Å². The molecule has 34 valence electrons. The fourth-order valence-corrected chi connectivity index (χ4v) is 0. The normalized spacial score (nSPS) is 0. The third kappa shape index (κ3) is 9.01. The van der Waals surface area contributed by atoms with Crippen molar-refractivity contribution in [2.75, 3.05) is 0 Å². The Morgan fingerprint density at radius 1 is 0.750 bits per heavy atom. The molecule has 0 bridgehead atoms. The van der Waals surface area contributed by atoms with E-state index in [4.69, 9.17) is 0 Å². The van der Waals surface area contributed by atoms with Crippen LogP contribution in [-0.2, 0) is 33.8 Å². The molecule has 0 saturated carbocycles. The fraction of sp³-hybridized carbons (Fsp3) is 0. The summed E-state index contributed by atoms with van der Waals surface area (Å²) in [5, 5.41) is 0. The average Bonchev–Trinajstić information content (AvgIpc) is 0. The van der Waals surface area contributed by atoms with Gasteiger partial charge in [-0.1, -0.05) is 0 Å². The van der Waals surface area contributed by atoms with E-state index in [1.54, 1.807) is 0 Å². The molecule has 2 radical (unpaired) electrons. The topological polar surface area (TPSA) is 0 Å². The number of halogens is 2. The molecule has 0 spiro atoms. The van der Waals surface area contributed by atoms with Gasteiger partial charge in [0.15, 0.2) is 0 Å². The molecule has 0 amide bonds. The van der Waals surface area contributed by atoms with Gasteiger partial charge in [0.2, 0.25) is 0 Å². The zero-order valence-corrected chi connectivity index (χ0v) is 6.55. The molecule has 0 aliphatic carbocycles. The minimum atomic E-state index is 0. The van der Waals surface area contributed by atoms with E-state index in [-0.39, 0.29) is 67.8 Å². The molecule has 0 atom stereocenters. The molecule has 0 N–H and O–H groups in total. The Morgan fingerprint density at radius 3 is 0.750 bits per heavy atom. The second-order valence-corrected chi connectivity index (χ2v) is 0.